The van der Waals surface area contributed by atoms with Crippen LogP contribution in [0.4, 0.5) is 0 Å². The third-order valence-corrected chi connectivity index (χ3v) is 6.14. The molecule has 1 aliphatic heterocycles. The van der Waals surface area contributed by atoms with Gasteiger partial charge in [-0.05, 0) is 51.0 Å². The van der Waals surface area contributed by atoms with Crippen molar-refractivity contribution in [3.8, 4) is 17.5 Å². The van der Waals surface area contributed by atoms with Crippen LogP contribution < -0.4 is 14.2 Å². The van der Waals surface area contributed by atoms with Crippen molar-refractivity contribution in [1.29, 1.82) is 0 Å². The summed E-state index contributed by atoms with van der Waals surface area (Å²) in [7, 11) is -2.11. The van der Waals surface area contributed by atoms with Crippen molar-refractivity contribution in [3.63, 3.8) is 0 Å². The lowest BCUT2D eigenvalue weighted by Crippen LogP contribution is -2.44. The summed E-state index contributed by atoms with van der Waals surface area (Å²) < 4.78 is 43.9. The molecular weight excluding hydrogens is 382 g/mol. The van der Waals surface area contributed by atoms with Crippen LogP contribution in [0.3, 0.4) is 0 Å². The number of hydrogen-bond acceptors (Lipinski definition) is 7. The molecule has 1 saturated heterocycles. The van der Waals surface area contributed by atoms with Crippen molar-refractivity contribution in [2.24, 2.45) is 0 Å². The van der Waals surface area contributed by atoms with E-state index < -0.39 is 10.0 Å². The quantitative estimate of drug-likeness (QED) is 0.696. The molecule has 0 bridgehead atoms. The van der Waals surface area contributed by atoms with Crippen molar-refractivity contribution in [1.82, 2.24) is 14.3 Å². The second kappa shape index (κ2) is 8.74. The minimum absolute atomic E-state index is 0.0298. The van der Waals surface area contributed by atoms with E-state index in [9.17, 15) is 8.42 Å². The number of methoxy groups -OCH3 is 1. The maximum Gasteiger partial charge on any atom is 0.243 e. The van der Waals surface area contributed by atoms with Gasteiger partial charge in [0.2, 0.25) is 21.8 Å². The monoisotopic (exact) mass is 407 g/mol. The largest absolute Gasteiger partial charge is 0.491 e. The molecule has 0 spiro atoms. The smallest absolute Gasteiger partial charge is 0.243 e. The molecule has 0 radical (unpaired) electrons. The Hall–Kier alpha value is -2.39. The molecular formula is C19H25N3O5S. The van der Waals surface area contributed by atoms with Gasteiger partial charge in [0.25, 0.3) is 0 Å². The average molecular weight is 407 g/mol. The number of aromatic nitrogens is 2. The second-order valence-corrected chi connectivity index (χ2v) is 8.72. The number of piperidine rings is 1. The highest BCUT2D eigenvalue weighted by atomic mass is 32.2. The predicted molar refractivity (Wildman–Crippen MR) is 103 cm³/mol. The van der Waals surface area contributed by atoms with Gasteiger partial charge >= 0.3 is 0 Å². The second-order valence-electron chi connectivity index (χ2n) is 6.78. The summed E-state index contributed by atoms with van der Waals surface area (Å²) in [6.45, 7) is 4.55. The summed E-state index contributed by atoms with van der Waals surface area (Å²) in [4.78, 5) is 8.43. The Kier molecular flexibility index (Phi) is 6.35. The van der Waals surface area contributed by atoms with Gasteiger partial charge in [0.15, 0.2) is 0 Å². The Labute approximate surface area is 165 Å². The van der Waals surface area contributed by atoms with Gasteiger partial charge in [-0.2, -0.15) is 9.29 Å². The summed E-state index contributed by atoms with van der Waals surface area (Å²) in [5.74, 6) is 1.31. The van der Waals surface area contributed by atoms with E-state index >= 15 is 0 Å². The van der Waals surface area contributed by atoms with Gasteiger partial charge < -0.3 is 14.2 Å². The van der Waals surface area contributed by atoms with Crippen LogP contribution >= 0.6 is 0 Å². The number of nitrogens with zero attached hydrogens (tertiary/aromatic N) is 3. The molecule has 0 N–H and O–H groups in total. The molecule has 3 rings (SSSR count). The van der Waals surface area contributed by atoms with Crippen LogP contribution in [-0.4, -0.2) is 55.1 Å². The molecule has 1 fully saturated rings. The van der Waals surface area contributed by atoms with Gasteiger partial charge in [0, 0.05) is 6.54 Å². The van der Waals surface area contributed by atoms with Gasteiger partial charge in [-0.1, -0.05) is 0 Å². The standard InChI is InChI=1S/C19H25N3O5S/c1-14(2)26-15-6-8-17(9-7-15)28(23,24)22-10-4-5-16(13-22)27-19-12-20-11-18(21-19)25-3/h6-9,11-12,14,16H,4-5,10,13H2,1-3H3. The predicted octanol–water partition coefficient (Wildman–Crippen LogP) is 2.50. The first-order chi connectivity index (χ1) is 13.4. The third-order valence-electron chi connectivity index (χ3n) is 4.26. The van der Waals surface area contributed by atoms with Gasteiger partial charge in [-0.25, -0.2) is 8.42 Å². The zero-order valence-electron chi connectivity index (χ0n) is 16.2. The number of sulfonamides is 1. The third kappa shape index (κ3) is 4.90. The number of benzene rings is 1. The molecule has 0 amide bonds. The first-order valence-corrected chi connectivity index (χ1v) is 10.6. The Morgan fingerprint density at radius 3 is 2.54 bits per heavy atom. The molecule has 9 heteroatoms. The molecule has 0 saturated carbocycles. The summed E-state index contributed by atoms with van der Waals surface area (Å²) in [6.07, 6.45) is 4.15. The lowest BCUT2D eigenvalue weighted by atomic mass is 10.1. The molecule has 2 heterocycles. The molecule has 1 aromatic heterocycles. The normalized spacial score (nSPS) is 18.1. The lowest BCUT2D eigenvalue weighted by Gasteiger charge is -2.31. The molecule has 1 atom stereocenters. The van der Waals surface area contributed by atoms with Crippen molar-refractivity contribution in [3.05, 3.63) is 36.7 Å². The van der Waals surface area contributed by atoms with Crippen LogP contribution in [0, 0.1) is 0 Å². The minimum Gasteiger partial charge on any atom is -0.491 e. The number of hydrogen-bond donors (Lipinski definition) is 0. The zero-order chi connectivity index (χ0) is 20.1. The highest BCUT2D eigenvalue weighted by Gasteiger charge is 2.31. The van der Waals surface area contributed by atoms with Crippen molar-refractivity contribution in [2.75, 3.05) is 20.2 Å². The van der Waals surface area contributed by atoms with E-state index in [1.807, 2.05) is 13.8 Å². The molecule has 0 aliphatic carbocycles. The molecule has 1 unspecified atom stereocenters. The van der Waals surface area contributed by atoms with E-state index in [-0.39, 0.29) is 23.6 Å². The number of rotatable bonds is 7. The van der Waals surface area contributed by atoms with E-state index in [2.05, 4.69) is 9.97 Å². The van der Waals surface area contributed by atoms with Gasteiger partial charge in [-0.15, -0.1) is 0 Å². The van der Waals surface area contributed by atoms with Crippen LogP contribution in [0.15, 0.2) is 41.6 Å². The minimum atomic E-state index is -3.61. The fraction of sp³-hybridized carbons (Fsp3) is 0.474. The highest BCUT2D eigenvalue weighted by molar-refractivity contribution is 7.89. The molecule has 1 aromatic carbocycles. The Balaban J connectivity index is 1.69. The van der Waals surface area contributed by atoms with Crippen LogP contribution in [-0.2, 0) is 10.0 Å². The van der Waals surface area contributed by atoms with Crippen LogP contribution in [0.2, 0.25) is 0 Å². The summed E-state index contributed by atoms with van der Waals surface area (Å²) >= 11 is 0. The van der Waals surface area contributed by atoms with E-state index in [1.54, 1.807) is 24.3 Å². The van der Waals surface area contributed by atoms with E-state index in [0.29, 0.717) is 30.5 Å². The molecule has 2 aromatic rings. The molecule has 8 nitrogen and oxygen atoms in total. The molecule has 152 valence electrons. The van der Waals surface area contributed by atoms with Gasteiger partial charge in [-0.3, -0.25) is 4.98 Å². The van der Waals surface area contributed by atoms with Crippen molar-refractivity contribution < 1.29 is 22.6 Å². The van der Waals surface area contributed by atoms with Gasteiger partial charge in [0.1, 0.15) is 11.9 Å². The SMILES string of the molecule is COc1cncc(OC2CCCN(S(=O)(=O)c3ccc(OC(C)C)cc3)C2)n1. The first-order valence-electron chi connectivity index (χ1n) is 9.18. The van der Waals surface area contributed by atoms with E-state index in [1.165, 1.54) is 23.8 Å². The fourth-order valence-corrected chi connectivity index (χ4v) is 4.50. The summed E-state index contributed by atoms with van der Waals surface area (Å²) in [5.41, 5.74) is 0. The lowest BCUT2D eigenvalue weighted by molar-refractivity contribution is 0.123. The van der Waals surface area contributed by atoms with Crippen LogP contribution in [0.5, 0.6) is 17.5 Å². The summed E-state index contributed by atoms with van der Waals surface area (Å²) in [6, 6.07) is 6.50. The maximum atomic E-state index is 13.0. The molecule has 1 aliphatic rings. The maximum absolute atomic E-state index is 13.0. The van der Waals surface area contributed by atoms with Gasteiger partial charge in [0.05, 0.1) is 37.0 Å². The van der Waals surface area contributed by atoms with Crippen LogP contribution in [0.25, 0.3) is 0 Å². The number of ether oxygens (including phenoxy) is 3. The zero-order valence-corrected chi connectivity index (χ0v) is 17.1. The first kappa shape index (κ1) is 20.3. The Bertz CT molecular complexity index is 887. The van der Waals surface area contributed by atoms with Crippen LogP contribution in [0.1, 0.15) is 26.7 Å². The Morgan fingerprint density at radius 1 is 1.14 bits per heavy atom. The topological polar surface area (TPSA) is 90.9 Å². The summed E-state index contributed by atoms with van der Waals surface area (Å²) in [5, 5.41) is 0. The fourth-order valence-electron chi connectivity index (χ4n) is 2.99. The average Bonchev–Trinajstić information content (AvgIpc) is 2.68. The van der Waals surface area contributed by atoms with Crippen molar-refractivity contribution in [2.45, 2.75) is 43.8 Å². The highest BCUT2D eigenvalue weighted by Crippen LogP contribution is 2.25. The molecule has 28 heavy (non-hydrogen) atoms. The Morgan fingerprint density at radius 2 is 1.86 bits per heavy atom. The van der Waals surface area contributed by atoms with E-state index in [0.717, 1.165) is 6.42 Å². The van der Waals surface area contributed by atoms with E-state index in [4.69, 9.17) is 14.2 Å². The van der Waals surface area contributed by atoms with Crippen molar-refractivity contribution >= 4 is 10.0 Å².